The van der Waals surface area contributed by atoms with Crippen LogP contribution in [0, 0.1) is 5.92 Å². The number of carbonyl (C=O) groups is 6. The van der Waals surface area contributed by atoms with E-state index in [4.69, 9.17) is 23.4 Å². The molecule has 6 aliphatic heterocycles. The molecule has 3 amide bonds. The third kappa shape index (κ3) is 16.3. The van der Waals surface area contributed by atoms with E-state index in [-0.39, 0.29) is 112 Å². The molecule has 0 radical (unpaired) electrons. The number of methoxy groups -OCH3 is 4. The summed E-state index contributed by atoms with van der Waals surface area (Å²) < 4.78 is 113. The topological polar surface area (TPSA) is 386 Å². The minimum atomic E-state index is -4.03. The molecule has 6 aliphatic rings. The van der Waals surface area contributed by atoms with Crippen LogP contribution in [-0.2, 0) is 77.9 Å². The molecule has 3 N–H and O–H groups in total. The summed E-state index contributed by atoms with van der Waals surface area (Å²) in [7, 11) is -5.63. The second-order valence-electron chi connectivity index (χ2n) is 31.7. The number of pyridine rings is 1. The molecule has 0 spiro atoms. The van der Waals surface area contributed by atoms with Crippen LogP contribution in [0.25, 0.3) is 65.2 Å². The number of fused-ring (bicyclic) bond motifs is 3. The fraction of sp³-hybridized carbons (Fsp3) is 0.341. The molecule has 3 atom stereocenters. The molecule has 3 saturated heterocycles. The van der Waals surface area contributed by atoms with Gasteiger partial charge in [-0.2, -0.15) is 12.9 Å². The third-order valence-corrected chi connectivity index (χ3v) is 30.0. The maximum atomic E-state index is 14.1. The molecule has 3 unspecified atom stereocenters. The zero-order valence-corrected chi connectivity index (χ0v) is 71.2. The van der Waals surface area contributed by atoms with E-state index in [1.165, 1.54) is 62.5 Å². The van der Waals surface area contributed by atoms with Gasteiger partial charge in [0.2, 0.25) is 30.1 Å². The van der Waals surface area contributed by atoms with E-state index in [9.17, 15) is 68.4 Å². The summed E-state index contributed by atoms with van der Waals surface area (Å²) in [4.78, 5) is 133. The van der Waals surface area contributed by atoms with Gasteiger partial charge in [-0.25, -0.2) is 34.8 Å². The quantitative estimate of drug-likeness (QED) is 0.0383. The number of nitrogens with zero attached hydrogens (tertiary/aromatic N) is 7. The lowest BCUT2D eigenvalue weighted by Crippen LogP contribution is -2.48. The number of ether oxygens (including phenoxy) is 4. The summed E-state index contributed by atoms with van der Waals surface area (Å²) in [5, 5.41) is 5.54. The molecule has 12 aromatic rings. The van der Waals surface area contributed by atoms with Crippen LogP contribution in [0.3, 0.4) is 0 Å². The van der Waals surface area contributed by atoms with Crippen molar-refractivity contribution in [3.8, 4) is 5.75 Å². The minimum Gasteiger partial charge on any atom is -0.494 e. The van der Waals surface area contributed by atoms with Crippen LogP contribution in [0.4, 0.5) is 17.1 Å². The number of amides is 3. The standard InChI is InChI=1S/C32H33N3O6S.C30H30N4O7S.C29H29N3O7S/c1-40-19-7-17-34-26-13-12-21(22-8-5-9-24(30(22)26)32(34)37)20-27(36)25-11-3-4-18-35(25)42(38,39)29-15-14-28(41-2)31-23(29)10-6-16-33-31;1-41-14-4-13-34-25-11-8-18(21-6-2-7-22(27(21)25)29(34)37)15-26(35)19-5-3-12-33(17-19)42(39,40)20-9-10-24-23(16-20)28(36)32-30(38)31-24;1-38-15-5-13-31-24-12-9-18(20-6-4-7-21(27(20)24)28(31)34)16-25(33)23-8-2-3-14-32(23)40(36,37)19-10-11-22-26(17-19)39-29(35)30-22/h5-6,8-10,12-16,25H,3-4,7,11,17-20H2,1-2H3;2,6-11,16,19H,3-5,12-15,17H2,1H3,(H2,31,32,36,38);4,6-7,9-12,17,23H,2-3,5,8,13-16H2,1H3,(H,30,35). The highest BCUT2D eigenvalue weighted by Crippen LogP contribution is 2.44. The molecule has 644 valence electrons. The van der Waals surface area contributed by atoms with E-state index in [1.807, 2.05) is 78.9 Å². The Morgan fingerprint density at radius 1 is 0.460 bits per heavy atom. The number of aromatic amines is 3. The average molecular weight is 1740 g/mol. The molecule has 9 aromatic carbocycles. The number of hydrogen-bond donors (Lipinski definition) is 3. The Morgan fingerprint density at radius 2 is 0.944 bits per heavy atom. The molecule has 3 fully saturated rings. The van der Waals surface area contributed by atoms with Crippen molar-refractivity contribution < 1.29 is 77.4 Å². The second-order valence-corrected chi connectivity index (χ2v) is 37.4. The monoisotopic (exact) mass is 1740 g/mol. The Morgan fingerprint density at radius 3 is 1.45 bits per heavy atom. The minimum absolute atomic E-state index is 0.0279. The Hall–Kier alpha value is -11.8. The predicted octanol–water partition coefficient (Wildman–Crippen LogP) is 11.0. The zero-order chi connectivity index (χ0) is 87.0. The number of aromatic nitrogens is 4. The van der Waals surface area contributed by atoms with Crippen LogP contribution in [0.2, 0.25) is 0 Å². The van der Waals surface area contributed by atoms with Gasteiger partial charge in [0.05, 0.1) is 67.4 Å². The number of oxazole rings is 1. The Labute approximate surface area is 713 Å². The molecule has 124 heavy (non-hydrogen) atoms. The number of piperidine rings is 3. The lowest BCUT2D eigenvalue weighted by molar-refractivity contribution is -0.123. The van der Waals surface area contributed by atoms with Crippen molar-refractivity contribution in [2.24, 2.45) is 5.92 Å². The van der Waals surface area contributed by atoms with Crippen molar-refractivity contribution in [1.82, 2.24) is 32.9 Å². The maximum absolute atomic E-state index is 14.1. The highest BCUT2D eigenvalue weighted by molar-refractivity contribution is 7.89. The van der Waals surface area contributed by atoms with Crippen molar-refractivity contribution in [1.29, 1.82) is 0 Å². The SMILES string of the molecule is COCCCN1C(=O)c2cccc3c(CC(=O)C4CCCCN4S(=O)(=O)c4ccc(OC)c5ncccc45)ccc1c23.COCCCN1C(=O)c2cccc3c(CC(=O)C4CCCCN4S(=O)(=O)c4ccc5[nH]c(=O)oc5c4)ccc1c23.COCCCN1C(=O)c2cccc3c(CC(=O)C4CCCN(S(=O)(=O)c5ccc6[nH]c(=O)[nH]c(=O)c6c5)C4)ccc1c23. The molecular weight excluding hydrogens is 1650 g/mol. The molecular formula is C91H92N10O20S3. The number of carbonyl (C=O) groups excluding carboxylic acids is 6. The first kappa shape index (κ1) is 85.8. The van der Waals surface area contributed by atoms with Crippen LogP contribution in [0.15, 0.2) is 191 Å². The zero-order valence-electron chi connectivity index (χ0n) is 68.7. The highest BCUT2D eigenvalue weighted by Gasteiger charge is 2.43. The summed E-state index contributed by atoms with van der Waals surface area (Å²) in [5.74, 6) is -1.28. The molecule has 0 bridgehead atoms. The van der Waals surface area contributed by atoms with E-state index >= 15 is 0 Å². The van der Waals surface area contributed by atoms with E-state index < -0.39 is 65.1 Å². The number of anilines is 3. The number of H-pyrrole nitrogens is 3. The highest BCUT2D eigenvalue weighted by atomic mass is 32.2. The van der Waals surface area contributed by atoms with Crippen LogP contribution in [0.1, 0.15) is 118 Å². The fourth-order valence-corrected chi connectivity index (χ4v) is 23.4. The van der Waals surface area contributed by atoms with Gasteiger partial charge in [-0.1, -0.05) is 67.4 Å². The fourth-order valence-electron chi connectivity index (χ4n) is 18.3. The third-order valence-electron chi connectivity index (χ3n) is 24.2. The smallest absolute Gasteiger partial charge is 0.417 e. The predicted molar refractivity (Wildman–Crippen MR) is 467 cm³/mol. The first-order valence-corrected chi connectivity index (χ1v) is 45.7. The van der Waals surface area contributed by atoms with Crippen LogP contribution >= 0.6 is 0 Å². The van der Waals surface area contributed by atoms with Gasteiger partial charge in [-0.15, -0.1) is 0 Å². The van der Waals surface area contributed by atoms with Crippen LogP contribution < -0.4 is 36.4 Å². The maximum Gasteiger partial charge on any atom is 0.417 e. The van der Waals surface area contributed by atoms with Gasteiger partial charge < -0.3 is 43.0 Å². The molecule has 0 aliphatic carbocycles. The number of benzene rings is 9. The summed E-state index contributed by atoms with van der Waals surface area (Å²) in [6.45, 7) is 4.03. The molecule has 30 nitrogen and oxygen atoms in total. The molecule has 3 aromatic heterocycles. The average Bonchev–Trinajstić information content (AvgIpc) is 1.75. The largest absolute Gasteiger partial charge is 0.494 e. The molecule has 18 rings (SSSR count). The van der Waals surface area contributed by atoms with Gasteiger partial charge in [0.1, 0.15) is 17.0 Å². The molecule has 0 saturated carbocycles. The normalized spacial score (nSPS) is 17.5. The van der Waals surface area contributed by atoms with E-state index in [0.29, 0.717) is 136 Å². The molecule has 33 heteroatoms. The summed E-state index contributed by atoms with van der Waals surface area (Å²) >= 11 is 0. The van der Waals surface area contributed by atoms with Gasteiger partial charge in [0.25, 0.3) is 23.3 Å². The van der Waals surface area contributed by atoms with E-state index in [1.54, 1.807) is 72.6 Å². The number of hydrogen-bond acceptors (Lipinski definition) is 21. The number of rotatable bonds is 28. The van der Waals surface area contributed by atoms with Gasteiger partial charge >= 0.3 is 11.4 Å². The molecule has 9 heterocycles. The first-order valence-electron chi connectivity index (χ1n) is 41.3. The number of ketones is 3. The van der Waals surface area contributed by atoms with Gasteiger partial charge in [-0.05, 0) is 182 Å². The lowest BCUT2D eigenvalue weighted by atomic mass is 9.89. The van der Waals surface area contributed by atoms with E-state index in [2.05, 4.69) is 19.9 Å². The second kappa shape index (κ2) is 35.8. The lowest BCUT2D eigenvalue weighted by Gasteiger charge is -2.34. The number of nitrogens with one attached hydrogen (secondary N) is 3. The van der Waals surface area contributed by atoms with Crippen molar-refractivity contribution in [2.75, 3.05) is 109 Å². The van der Waals surface area contributed by atoms with Crippen molar-refractivity contribution in [2.45, 2.75) is 117 Å². The summed E-state index contributed by atoms with van der Waals surface area (Å²) in [6, 6.07) is 41.1. The Balaban J connectivity index is 0.000000138. The summed E-state index contributed by atoms with van der Waals surface area (Å²) in [6.07, 6.45) is 8.74. The summed E-state index contributed by atoms with van der Waals surface area (Å²) in [5.41, 5.74) is 6.55. The van der Waals surface area contributed by atoms with Crippen LogP contribution in [-0.4, -0.2) is 199 Å². The van der Waals surface area contributed by atoms with Gasteiger partial charge in [0, 0.05) is 163 Å². The van der Waals surface area contributed by atoms with Gasteiger partial charge in [0.15, 0.2) is 17.1 Å². The number of Topliss-reactive ketones (excluding diaryl/α,β-unsaturated/α-hetero) is 3. The first-order chi connectivity index (χ1) is 59.8. The Kier molecular flexibility index (Phi) is 24.8. The number of sulfonamides is 3. The van der Waals surface area contributed by atoms with Crippen LogP contribution in [0.5, 0.6) is 5.75 Å². The van der Waals surface area contributed by atoms with E-state index in [0.717, 1.165) is 78.9 Å². The van der Waals surface area contributed by atoms with Crippen molar-refractivity contribution in [3.05, 3.63) is 223 Å². The van der Waals surface area contributed by atoms with Crippen molar-refractivity contribution in [3.63, 3.8) is 0 Å². The Bertz CT molecular complexity index is 6870. The van der Waals surface area contributed by atoms with Gasteiger partial charge in [-0.3, -0.25) is 48.5 Å². The van der Waals surface area contributed by atoms with Crippen molar-refractivity contribution >= 4 is 147 Å².